The fourth-order valence-electron chi connectivity index (χ4n) is 2.87. The molecule has 0 saturated heterocycles. The largest absolute Gasteiger partial charge is 0.327 e. The maximum absolute atomic E-state index is 10.8. The Balaban J connectivity index is 2.06. The van der Waals surface area contributed by atoms with E-state index in [1.54, 1.807) is 6.20 Å². The molecule has 1 amide bonds. The number of nitrogens with one attached hydrogen (secondary N) is 1. The number of carbonyl (C=O) groups is 1. The quantitative estimate of drug-likeness (QED) is 0.583. The van der Waals surface area contributed by atoms with Crippen molar-refractivity contribution in [2.24, 2.45) is 0 Å². The average Bonchev–Trinajstić information content (AvgIpc) is 2.94. The van der Waals surface area contributed by atoms with Crippen molar-refractivity contribution in [1.82, 2.24) is 9.55 Å². The number of anilines is 1. The highest BCUT2D eigenvalue weighted by molar-refractivity contribution is 6.00. The molecule has 2 aromatic heterocycles. The molecule has 4 heteroatoms. The van der Waals surface area contributed by atoms with E-state index in [9.17, 15) is 4.79 Å². The van der Waals surface area contributed by atoms with E-state index in [0.717, 1.165) is 33.1 Å². The third-order valence-corrected chi connectivity index (χ3v) is 3.84. The molecule has 0 aliphatic carbocycles. The first-order valence-corrected chi connectivity index (χ1v) is 7.02. The lowest BCUT2D eigenvalue weighted by molar-refractivity contribution is -0.105. The molecule has 4 rings (SSSR count). The van der Waals surface area contributed by atoms with Crippen LogP contribution in [0.15, 0.2) is 67.1 Å². The number of fused-ring (bicyclic) bond motifs is 2. The van der Waals surface area contributed by atoms with Crippen LogP contribution in [0.1, 0.15) is 0 Å². The summed E-state index contributed by atoms with van der Waals surface area (Å²) in [6.45, 7) is 0. The second kappa shape index (κ2) is 5.00. The molecule has 22 heavy (non-hydrogen) atoms. The molecule has 0 saturated carbocycles. The van der Waals surface area contributed by atoms with Crippen molar-refractivity contribution in [2.45, 2.75) is 0 Å². The van der Waals surface area contributed by atoms with E-state index < -0.39 is 0 Å². The minimum Gasteiger partial charge on any atom is -0.327 e. The van der Waals surface area contributed by atoms with Gasteiger partial charge in [-0.1, -0.05) is 30.3 Å². The van der Waals surface area contributed by atoms with Gasteiger partial charge in [0.15, 0.2) is 0 Å². The molecule has 0 atom stereocenters. The summed E-state index contributed by atoms with van der Waals surface area (Å²) in [4.78, 5) is 15.0. The van der Waals surface area contributed by atoms with Gasteiger partial charge in [-0.15, -0.1) is 0 Å². The Hall–Kier alpha value is -3.14. The molecule has 4 nitrogen and oxygen atoms in total. The highest BCUT2D eigenvalue weighted by atomic mass is 16.1. The van der Waals surface area contributed by atoms with Crippen LogP contribution in [0.2, 0.25) is 0 Å². The number of benzene rings is 2. The second-order valence-corrected chi connectivity index (χ2v) is 5.07. The second-order valence-electron chi connectivity index (χ2n) is 5.07. The van der Waals surface area contributed by atoms with Crippen LogP contribution in [0.5, 0.6) is 0 Å². The molecule has 4 aromatic rings. The van der Waals surface area contributed by atoms with Gasteiger partial charge in [0, 0.05) is 34.7 Å². The number of aromatic nitrogens is 2. The zero-order valence-electron chi connectivity index (χ0n) is 11.7. The number of carbonyl (C=O) groups excluding carboxylic acids is 1. The lowest BCUT2D eigenvalue weighted by Gasteiger charge is -2.09. The molecule has 0 radical (unpaired) electrons. The van der Waals surface area contributed by atoms with Gasteiger partial charge < -0.3 is 9.88 Å². The summed E-state index contributed by atoms with van der Waals surface area (Å²) in [5.74, 6) is 0. The van der Waals surface area contributed by atoms with E-state index in [-0.39, 0.29) is 0 Å². The van der Waals surface area contributed by atoms with Crippen LogP contribution in [0, 0.1) is 0 Å². The number of para-hydroxylation sites is 1. The Labute approximate surface area is 127 Å². The van der Waals surface area contributed by atoms with E-state index in [2.05, 4.69) is 20.9 Å². The summed E-state index contributed by atoms with van der Waals surface area (Å²) < 4.78 is 2.10. The predicted molar refractivity (Wildman–Crippen MR) is 88.3 cm³/mol. The number of hydrogen-bond acceptors (Lipinski definition) is 2. The van der Waals surface area contributed by atoms with Gasteiger partial charge >= 0.3 is 0 Å². The minimum atomic E-state index is 0.707. The highest BCUT2D eigenvalue weighted by Gasteiger charge is 2.11. The lowest BCUT2D eigenvalue weighted by Crippen LogP contribution is -1.94. The molecular weight excluding hydrogens is 274 g/mol. The van der Waals surface area contributed by atoms with Crippen LogP contribution in [-0.2, 0) is 4.79 Å². The molecule has 0 fully saturated rings. The Morgan fingerprint density at radius 2 is 1.91 bits per heavy atom. The SMILES string of the molecule is O=CNc1cn(-c2cccc3cnccc23)c2ccccc12. The van der Waals surface area contributed by atoms with Crippen LogP contribution in [-0.4, -0.2) is 16.0 Å². The number of rotatable bonds is 3. The van der Waals surface area contributed by atoms with Crippen molar-refractivity contribution < 1.29 is 4.79 Å². The van der Waals surface area contributed by atoms with Crippen LogP contribution in [0.3, 0.4) is 0 Å². The van der Waals surface area contributed by atoms with E-state index in [1.807, 2.05) is 54.9 Å². The van der Waals surface area contributed by atoms with E-state index in [0.29, 0.717) is 6.41 Å². The Morgan fingerprint density at radius 3 is 2.82 bits per heavy atom. The normalized spacial score (nSPS) is 10.9. The Morgan fingerprint density at radius 1 is 1.00 bits per heavy atom. The van der Waals surface area contributed by atoms with Gasteiger partial charge in [0.2, 0.25) is 6.41 Å². The zero-order chi connectivity index (χ0) is 14.9. The average molecular weight is 287 g/mol. The lowest BCUT2D eigenvalue weighted by atomic mass is 10.1. The first-order chi connectivity index (χ1) is 10.9. The molecule has 0 bridgehead atoms. The molecular formula is C18H13N3O. The highest BCUT2D eigenvalue weighted by Crippen LogP contribution is 2.31. The molecule has 0 spiro atoms. The third-order valence-electron chi connectivity index (χ3n) is 3.84. The fraction of sp³-hybridized carbons (Fsp3) is 0. The Bertz CT molecular complexity index is 983. The number of nitrogens with zero attached hydrogens (tertiary/aromatic N) is 2. The molecule has 1 N–H and O–H groups in total. The summed E-state index contributed by atoms with van der Waals surface area (Å²) in [5.41, 5.74) is 2.92. The van der Waals surface area contributed by atoms with Gasteiger partial charge in [-0.3, -0.25) is 9.78 Å². The summed E-state index contributed by atoms with van der Waals surface area (Å²) in [6, 6.07) is 16.1. The van der Waals surface area contributed by atoms with Gasteiger partial charge in [-0.25, -0.2) is 0 Å². The monoisotopic (exact) mass is 287 g/mol. The van der Waals surface area contributed by atoms with Crippen LogP contribution in [0.4, 0.5) is 5.69 Å². The van der Waals surface area contributed by atoms with E-state index in [4.69, 9.17) is 0 Å². The summed E-state index contributed by atoms with van der Waals surface area (Å²) in [6.07, 6.45) is 6.31. The zero-order valence-corrected chi connectivity index (χ0v) is 11.7. The predicted octanol–water partition coefficient (Wildman–Crippen LogP) is 3.75. The number of hydrogen-bond donors (Lipinski definition) is 1. The molecule has 2 heterocycles. The topological polar surface area (TPSA) is 46.9 Å². The van der Waals surface area contributed by atoms with Crippen LogP contribution < -0.4 is 5.32 Å². The van der Waals surface area contributed by atoms with Crippen molar-refractivity contribution in [2.75, 3.05) is 5.32 Å². The fourth-order valence-corrected chi connectivity index (χ4v) is 2.87. The molecule has 0 aliphatic heterocycles. The standard InChI is InChI=1S/C18H13N3O/c22-12-20-16-11-21(18-6-2-1-5-15(16)18)17-7-3-4-13-10-19-9-8-14(13)17/h1-12H,(H,20,22). The molecule has 106 valence electrons. The summed E-state index contributed by atoms with van der Waals surface area (Å²) in [5, 5.41) is 6.00. The number of pyridine rings is 1. The first-order valence-electron chi connectivity index (χ1n) is 7.02. The van der Waals surface area contributed by atoms with E-state index in [1.165, 1.54) is 0 Å². The van der Waals surface area contributed by atoms with Gasteiger partial charge in [0.25, 0.3) is 0 Å². The van der Waals surface area contributed by atoms with Crippen molar-refractivity contribution in [3.8, 4) is 5.69 Å². The maximum Gasteiger partial charge on any atom is 0.211 e. The van der Waals surface area contributed by atoms with Crippen LogP contribution in [0.25, 0.3) is 27.4 Å². The molecule has 0 aliphatic rings. The van der Waals surface area contributed by atoms with Gasteiger partial charge in [-0.05, 0) is 18.2 Å². The van der Waals surface area contributed by atoms with Crippen molar-refractivity contribution in [3.63, 3.8) is 0 Å². The van der Waals surface area contributed by atoms with Gasteiger partial charge in [0.1, 0.15) is 0 Å². The first kappa shape index (κ1) is 12.6. The summed E-state index contributed by atoms with van der Waals surface area (Å²) in [7, 11) is 0. The van der Waals surface area contributed by atoms with Crippen molar-refractivity contribution in [1.29, 1.82) is 0 Å². The molecule has 0 unspecified atom stereocenters. The minimum absolute atomic E-state index is 0.707. The molecule has 2 aromatic carbocycles. The maximum atomic E-state index is 10.8. The number of amides is 1. The van der Waals surface area contributed by atoms with Gasteiger partial charge in [0.05, 0.1) is 16.9 Å². The van der Waals surface area contributed by atoms with Crippen molar-refractivity contribution >= 4 is 33.8 Å². The van der Waals surface area contributed by atoms with Gasteiger partial charge in [-0.2, -0.15) is 0 Å². The third kappa shape index (κ3) is 1.85. The Kier molecular flexibility index (Phi) is 2.86. The van der Waals surface area contributed by atoms with Crippen molar-refractivity contribution in [3.05, 3.63) is 67.1 Å². The summed E-state index contributed by atoms with van der Waals surface area (Å²) >= 11 is 0. The van der Waals surface area contributed by atoms with Crippen LogP contribution >= 0.6 is 0 Å². The smallest absolute Gasteiger partial charge is 0.211 e. The van der Waals surface area contributed by atoms with E-state index >= 15 is 0 Å².